The molecule has 0 fully saturated rings. The van der Waals surface area contributed by atoms with Crippen LogP contribution < -0.4 is 4.74 Å². The average molecular weight is 262 g/mol. The number of benzene rings is 2. The Labute approximate surface area is 110 Å². The van der Waals surface area contributed by atoms with Gasteiger partial charge in [-0.15, -0.1) is 0 Å². The fourth-order valence-corrected chi connectivity index (χ4v) is 1.72. The summed E-state index contributed by atoms with van der Waals surface area (Å²) in [7, 11) is 0. The van der Waals surface area contributed by atoms with E-state index in [0.717, 1.165) is 11.1 Å². The Bertz CT molecular complexity index is 555. The molecular weight excluding hydrogens is 250 g/mol. The van der Waals surface area contributed by atoms with Gasteiger partial charge in [-0.3, -0.25) is 0 Å². The monoisotopic (exact) mass is 261 g/mol. The first-order valence-electron chi connectivity index (χ1n) is 5.43. The van der Waals surface area contributed by atoms with Gasteiger partial charge in [0.25, 0.3) is 0 Å². The third kappa shape index (κ3) is 3.25. The van der Waals surface area contributed by atoms with E-state index in [2.05, 4.69) is 5.16 Å². The quantitative estimate of drug-likeness (QED) is 0.518. The molecule has 2 aromatic rings. The fraction of sp³-hybridized carbons (Fsp3) is 0.0714. The lowest BCUT2D eigenvalue weighted by Gasteiger charge is -2.08. The topological polar surface area (TPSA) is 41.8 Å². The Morgan fingerprint density at radius 1 is 1.17 bits per heavy atom. The second kappa shape index (κ2) is 6.07. The molecule has 0 spiro atoms. The normalized spacial score (nSPS) is 10.7. The average Bonchev–Trinajstić information content (AvgIpc) is 2.39. The Morgan fingerprint density at radius 3 is 2.78 bits per heavy atom. The van der Waals surface area contributed by atoms with Gasteiger partial charge in [-0.2, -0.15) is 0 Å². The highest BCUT2D eigenvalue weighted by Crippen LogP contribution is 2.18. The first-order valence-corrected chi connectivity index (χ1v) is 5.81. The number of oxime groups is 1. The maximum Gasteiger partial charge on any atom is 0.120 e. The molecule has 0 radical (unpaired) electrons. The number of halogens is 1. The molecule has 0 saturated heterocycles. The molecule has 2 rings (SSSR count). The number of ether oxygens (including phenoxy) is 1. The standard InChI is InChI=1S/C14H12ClNO2/c15-14-7-2-1-5-12(14)10-18-13-6-3-4-11(8-13)9-16-17/h1-9,17H,10H2/b16-9-. The molecule has 18 heavy (non-hydrogen) atoms. The van der Waals surface area contributed by atoms with Crippen molar-refractivity contribution in [1.82, 2.24) is 0 Å². The summed E-state index contributed by atoms with van der Waals surface area (Å²) in [5.41, 5.74) is 1.70. The minimum Gasteiger partial charge on any atom is -0.489 e. The molecule has 0 aliphatic heterocycles. The predicted molar refractivity (Wildman–Crippen MR) is 71.6 cm³/mol. The summed E-state index contributed by atoms with van der Waals surface area (Å²) in [4.78, 5) is 0. The van der Waals surface area contributed by atoms with E-state index in [1.165, 1.54) is 6.21 Å². The third-order valence-electron chi connectivity index (χ3n) is 2.42. The van der Waals surface area contributed by atoms with Crippen molar-refractivity contribution >= 4 is 17.8 Å². The van der Waals surface area contributed by atoms with Gasteiger partial charge in [0.2, 0.25) is 0 Å². The molecule has 4 heteroatoms. The summed E-state index contributed by atoms with van der Waals surface area (Å²) in [6.45, 7) is 0.402. The van der Waals surface area contributed by atoms with E-state index >= 15 is 0 Å². The second-order valence-corrected chi connectivity index (χ2v) is 4.10. The van der Waals surface area contributed by atoms with E-state index < -0.39 is 0 Å². The number of hydrogen-bond donors (Lipinski definition) is 1. The minimum atomic E-state index is 0.402. The Balaban J connectivity index is 2.06. The molecule has 0 atom stereocenters. The molecule has 0 aromatic heterocycles. The molecule has 0 amide bonds. The van der Waals surface area contributed by atoms with E-state index in [0.29, 0.717) is 17.4 Å². The lowest BCUT2D eigenvalue weighted by atomic mass is 10.2. The van der Waals surface area contributed by atoms with Gasteiger partial charge in [0.1, 0.15) is 12.4 Å². The lowest BCUT2D eigenvalue weighted by molar-refractivity contribution is 0.306. The Hall–Kier alpha value is -2.00. The van der Waals surface area contributed by atoms with E-state index in [4.69, 9.17) is 21.5 Å². The SMILES string of the molecule is O/N=C\c1cccc(OCc2ccccc2Cl)c1. The second-order valence-electron chi connectivity index (χ2n) is 3.70. The van der Waals surface area contributed by atoms with Gasteiger partial charge in [-0.25, -0.2) is 0 Å². The van der Waals surface area contributed by atoms with Crippen molar-refractivity contribution in [3.8, 4) is 5.75 Å². The summed E-state index contributed by atoms with van der Waals surface area (Å²) < 4.78 is 5.63. The summed E-state index contributed by atoms with van der Waals surface area (Å²) >= 11 is 6.04. The van der Waals surface area contributed by atoms with Crippen molar-refractivity contribution in [2.24, 2.45) is 5.16 Å². The molecule has 1 N–H and O–H groups in total. The Morgan fingerprint density at radius 2 is 2.00 bits per heavy atom. The van der Waals surface area contributed by atoms with Crippen LogP contribution in [0.2, 0.25) is 5.02 Å². The van der Waals surface area contributed by atoms with Crippen molar-refractivity contribution in [2.75, 3.05) is 0 Å². The summed E-state index contributed by atoms with van der Waals surface area (Å²) in [5.74, 6) is 0.701. The van der Waals surface area contributed by atoms with Gasteiger partial charge >= 0.3 is 0 Å². The van der Waals surface area contributed by atoms with E-state index in [1.807, 2.05) is 42.5 Å². The van der Waals surface area contributed by atoms with E-state index in [-0.39, 0.29) is 0 Å². The van der Waals surface area contributed by atoms with Gasteiger partial charge in [0.15, 0.2) is 0 Å². The van der Waals surface area contributed by atoms with Crippen LogP contribution in [0.25, 0.3) is 0 Å². The van der Waals surface area contributed by atoms with Crippen molar-refractivity contribution in [3.05, 3.63) is 64.7 Å². The Kier molecular flexibility index (Phi) is 4.20. The van der Waals surface area contributed by atoms with Crippen LogP contribution in [0.1, 0.15) is 11.1 Å². The van der Waals surface area contributed by atoms with E-state index in [1.54, 1.807) is 6.07 Å². The highest BCUT2D eigenvalue weighted by Gasteiger charge is 2.00. The maximum atomic E-state index is 8.47. The summed E-state index contributed by atoms with van der Waals surface area (Å²) in [6, 6.07) is 14.8. The van der Waals surface area contributed by atoms with Crippen LogP contribution >= 0.6 is 11.6 Å². The number of hydrogen-bond acceptors (Lipinski definition) is 3. The molecule has 92 valence electrons. The maximum absolute atomic E-state index is 8.47. The van der Waals surface area contributed by atoms with Gasteiger partial charge in [0.05, 0.1) is 6.21 Å². The zero-order valence-electron chi connectivity index (χ0n) is 9.58. The molecule has 0 heterocycles. The molecule has 2 aromatic carbocycles. The molecular formula is C14H12ClNO2. The summed E-state index contributed by atoms with van der Waals surface area (Å²) in [5, 5.41) is 12.1. The van der Waals surface area contributed by atoms with Gasteiger partial charge in [-0.1, -0.05) is 47.1 Å². The first-order chi connectivity index (χ1) is 8.79. The molecule has 0 aliphatic carbocycles. The van der Waals surface area contributed by atoms with Crippen LogP contribution in [0.15, 0.2) is 53.7 Å². The fourth-order valence-electron chi connectivity index (χ4n) is 1.53. The van der Waals surface area contributed by atoms with Crippen LogP contribution in [-0.4, -0.2) is 11.4 Å². The van der Waals surface area contributed by atoms with E-state index in [9.17, 15) is 0 Å². The lowest BCUT2D eigenvalue weighted by Crippen LogP contribution is -1.96. The van der Waals surface area contributed by atoms with Crippen molar-refractivity contribution in [1.29, 1.82) is 0 Å². The van der Waals surface area contributed by atoms with Crippen LogP contribution in [0.4, 0.5) is 0 Å². The van der Waals surface area contributed by atoms with Gasteiger partial charge in [-0.05, 0) is 23.8 Å². The van der Waals surface area contributed by atoms with Gasteiger partial charge in [0, 0.05) is 10.6 Å². The highest BCUT2D eigenvalue weighted by molar-refractivity contribution is 6.31. The summed E-state index contributed by atoms with van der Waals surface area (Å²) in [6.07, 6.45) is 1.35. The largest absolute Gasteiger partial charge is 0.489 e. The van der Waals surface area contributed by atoms with Crippen molar-refractivity contribution in [3.63, 3.8) is 0 Å². The molecule has 0 bridgehead atoms. The third-order valence-corrected chi connectivity index (χ3v) is 2.79. The van der Waals surface area contributed by atoms with Crippen LogP contribution in [0, 0.1) is 0 Å². The van der Waals surface area contributed by atoms with Crippen LogP contribution in [0.3, 0.4) is 0 Å². The van der Waals surface area contributed by atoms with Crippen molar-refractivity contribution < 1.29 is 9.94 Å². The highest BCUT2D eigenvalue weighted by atomic mass is 35.5. The van der Waals surface area contributed by atoms with Crippen LogP contribution in [0.5, 0.6) is 5.75 Å². The zero-order valence-corrected chi connectivity index (χ0v) is 10.3. The smallest absolute Gasteiger partial charge is 0.120 e. The number of nitrogens with zero attached hydrogens (tertiary/aromatic N) is 1. The van der Waals surface area contributed by atoms with Crippen molar-refractivity contribution in [2.45, 2.75) is 6.61 Å². The predicted octanol–water partition coefficient (Wildman–Crippen LogP) is 3.73. The van der Waals surface area contributed by atoms with Gasteiger partial charge < -0.3 is 9.94 Å². The van der Waals surface area contributed by atoms with Crippen LogP contribution in [-0.2, 0) is 6.61 Å². The minimum absolute atomic E-state index is 0.402. The zero-order chi connectivity index (χ0) is 12.8. The molecule has 0 aliphatic rings. The molecule has 3 nitrogen and oxygen atoms in total. The first kappa shape index (κ1) is 12.5. The molecule has 0 saturated carbocycles. The molecule has 0 unspecified atom stereocenters. The number of rotatable bonds is 4.